The smallest absolute Gasteiger partial charge is 0.270 e. The lowest BCUT2D eigenvalue weighted by atomic mass is 10.0. The number of para-hydroxylation sites is 2. The molecule has 0 atom stereocenters. The lowest BCUT2D eigenvalue weighted by molar-refractivity contribution is 0.201. The maximum atomic E-state index is 14.0. The largest absolute Gasteiger partial charge is 0.493 e. The molecule has 1 aliphatic rings. The molecule has 6 nitrogen and oxygen atoms in total. The van der Waals surface area contributed by atoms with E-state index in [-0.39, 0.29) is 11.0 Å². The Labute approximate surface area is 210 Å². The highest BCUT2D eigenvalue weighted by Crippen LogP contribution is 2.39. The molecule has 1 saturated carbocycles. The van der Waals surface area contributed by atoms with E-state index in [2.05, 4.69) is 4.98 Å². The third-order valence-corrected chi connectivity index (χ3v) is 8.59. The zero-order chi connectivity index (χ0) is 24.7. The molecule has 36 heavy (non-hydrogen) atoms. The van der Waals surface area contributed by atoms with E-state index in [0.717, 1.165) is 34.7 Å². The summed E-state index contributed by atoms with van der Waals surface area (Å²) in [4.78, 5) is 4.55. The number of methoxy groups -OCH3 is 1. The van der Waals surface area contributed by atoms with Gasteiger partial charge in [-0.3, -0.25) is 4.98 Å². The summed E-state index contributed by atoms with van der Waals surface area (Å²) >= 11 is 0. The van der Waals surface area contributed by atoms with Crippen molar-refractivity contribution in [3.8, 4) is 22.6 Å². The van der Waals surface area contributed by atoms with Crippen LogP contribution in [0.25, 0.3) is 32.9 Å². The molecule has 0 amide bonds. The van der Waals surface area contributed by atoms with Crippen LogP contribution < -0.4 is 9.47 Å². The topological polar surface area (TPSA) is 70.4 Å². The van der Waals surface area contributed by atoms with E-state index < -0.39 is 10.0 Å². The number of hydrogen-bond acceptors (Lipinski definition) is 5. The first-order valence-electron chi connectivity index (χ1n) is 12.1. The summed E-state index contributed by atoms with van der Waals surface area (Å²) in [7, 11) is -2.29. The molecular weight excluding hydrogens is 472 g/mol. The third kappa shape index (κ3) is 3.80. The molecule has 0 radical (unpaired) electrons. The van der Waals surface area contributed by atoms with Gasteiger partial charge in [-0.15, -0.1) is 0 Å². The highest BCUT2D eigenvalue weighted by atomic mass is 32.2. The summed E-state index contributed by atoms with van der Waals surface area (Å²) in [6, 6.07) is 22.2. The summed E-state index contributed by atoms with van der Waals surface area (Å²) in [5.41, 5.74) is 2.73. The van der Waals surface area contributed by atoms with Gasteiger partial charge in [-0.1, -0.05) is 42.5 Å². The van der Waals surface area contributed by atoms with Crippen LogP contribution in [0, 0.1) is 0 Å². The molecule has 7 heteroatoms. The van der Waals surface area contributed by atoms with Gasteiger partial charge in [0.25, 0.3) is 10.0 Å². The molecule has 2 aromatic heterocycles. The standard InChI is InChI=1S/C29H26N2O4S/c1-34-26-16-15-21(18-27(26)35-22-10-2-3-11-22)24-19-31(25-13-5-4-12-23(24)25)36(32,33)28-14-6-8-20-9-7-17-30-29(20)28/h4-9,12-19,22H,2-3,10-11H2,1H3. The number of ether oxygens (including phenoxy) is 2. The molecule has 6 rings (SSSR count). The van der Waals surface area contributed by atoms with Crippen molar-refractivity contribution in [2.75, 3.05) is 7.11 Å². The zero-order valence-corrected chi connectivity index (χ0v) is 20.7. The first kappa shape index (κ1) is 22.6. The quantitative estimate of drug-likeness (QED) is 0.270. The predicted molar refractivity (Wildman–Crippen MR) is 141 cm³/mol. The first-order chi connectivity index (χ1) is 17.6. The van der Waals surface area contributed by atoms with Gasteiger partial charge in [-0.2, -0.15) is 0 Å². The van der Waals surface area contributed by atoms with Crippen LogP contribution >= 0.6 is 0 Å². The highest BCUT2D eigenvalue weighted by Gasteiger charge is 2.25. The molecule has 0 unspecified atom stereocenters. The predicted octanol–water partition coefficient (Wildman–Crippen LogP) is 6.42. The van der Waals surface area contributed by atoms with Crippen LogP contribution in [0.15, 0.2) is 90.1 Å². The Morgan fingerprint density at radius 3 is 2.56 bits per heavy atom. The maximum absolute atomic E-state index is 14.0. The fourth-order valence-corrected chi connectivity index (χ4v) is 6.63. The van der Waals surface area contributed by atoms with E-state index in [1.165, 1.54) is 16.8 Å². The lowest BCUT2D eigenvalue weighted by Crippen LogP contribution is -2.12. The molecule has 0 bridgehead atoms. The van der Waals surface area contributed by atoms with Crippen LogP contribution in [0.2, 0.25) is 0 Å². The Morgan fingerprint density at radius 1 is 0.917 bits per heavy atom. The van der Waals surface area contributed by atoms with Gasteiger partial charge in [-0.05, 0) is 61.6 Å². The molecule has 182 valence electrons. The average molecular weight is 499 g/mol. The highest BCUT2D eigenvalue weighted by molar-refractivity contribution is 7.90. The second-order valence-corrected chi connectivity index (χ2v) is 10.9. The molecule has 0 aliphatic heterocycles. The van der Waals surface area contributed by atoms with E-state index in [9.17, 15) is 8.42 Å². The minimum atomic E-state index is -3.92. The van der Waals surface area contributed by atoms with Crippen molar-refractivity contribution in [1.29, 1.82) is 0 Å². The van der Waals surface area contributed by atoms with Crippen molar-refractivity contribution in [2.45, 2.75) is 36.7 Å². The van der Waals surface area contributed by atoms with Gasteiger partial charge in [0.05, 0.1) is 24.2 Å². The van der Waals surface area contributed by atoms with Gasteiger partial charge in [0.15, 0.2) is 11.5 Å². The summed E-state index contributed by atoms with van der Waals surface area (Å²) in [6.45, 7) is 0. The van der Waals surface area contributed by atoms with Crippen LogP contribution in [0.5, 0.6) is 11.5 Å². The van der Waals surface area contributed by atoms with Crippen molar-refractivity contribution >= 4 is 31.8 Å². The van der Waals surface area contributed by atoms with Gasteiger partial charge in [0.1, 0.15) is 4.90 Å². The monoisotopic (exact) mass is 498 g/mol. The van der Waals surface area contributed by atoms with Gasteiger partial charge >= 0.3 is 0 Å². The molecule has 5 aromatic rings. The average Bonchev–Trinajstić information content (AvgIpc) is 3.56. The van der Waals surface area contributed by atoms with Crippen molar-refractivity contribution < 1.29 is 17.9 Å². The van der Waals surface area contributed by atoms with E-state index >= 15 is 0 Å². The number of rotatable bonds is 6. The summed E-state index contributed by atoms with van der Waals surface area (Å²) in [6.07, 6.45) is 7.89. The Kier molecular flexibility index (Phi) is 5.64. The second-order valence-electron chi connectivity index (χ2n) is 9.08. The van der Waals surface area contributed by atoms with Crippen LogP contribution in [0.1, 0.15) is 25.7 Å². The Balaban J connectivity index is 1.51. The number of nitrogens with zero attached hydrogens (tertiary/aromatic N) is 2. The molecule has 1 fully saturated rings. The summed E-state index contributed by atoms with van der Waals surface area (Å²) in [5.74, 6) is 1.35. The minimum absolute atomic E-state index is 0.174. The normalized spacial score (nSPS) is 14.5. The summed E-state index contributed by atoms with van der Waals surface area (Å²) in [5, 5.41) is 1.62. The molecule has 0 N–H and O–H groups in total. The molecule has 2 heterocycles. The van der Waals surface area contributed by atoms with Crippen molar-refractivity contribution in [3.63, 3.8) is 0 Å². The van der Waals surface area contributed by atoms with E-state index in [0.29, 0.717) is 22.5 Å². The first-order valence-corrected chi connectivity index (χ1v) is 13.5. The number of aromatic nitrogens is 2. The van der Waals surface area contributed by atoms with Crippen LogP contribution in [0.4, 0.5) is 0 Å². The van der Waals surface area contributed by atoms with E-state index in [4.69, 9.17) is 9.47 Å². The lowest BCUT2D eigenvalue weighted by Gasteiger charge is -2.16. The second kappa shape index (κ2) is 8.99. The van der Waals surface area contributed by atoms with Gasteiger partial charge in [-0.25, -0.2) is 12.4 Å². The van der Waals surface area contributed by atoms with Crippen LogP contribution in [-0.4, -0.2) is 30.6 Å². The fourth-order valence-electron chi connectivity index (χ4n) is 5.09. The molecule has 1 aliphatic carbocycles. The van der Waals surface area contributed by atoms with Crippen molar-refractivity contribution in [2.24, 2.45) is 0 Å². The zero-order valence-electron chi connectivity index (χ0n) is 19.9. The van der Waals surface area contributed by atoms with Gasteiger partial charge < -0.3 is 9.47 Å². The Morgan fingerprint density at radius 2 is 1.72 bits per heavy atom. The van der Waals surface area contributed by atoms with Crippen molar-refractivity contribution in [3.05, 3.63) is 85.2 Å². The van der Waals surface area contributed by atoms with Crippen molar-refractivity contribution in [1.82, 2.24) is 8.96 Å². The minimum Gasteiger partial charge on any atom is -0.493 e. The number of benzene rings is 3. The van der Waals surface area contributed by atoms with Crippen LogP contribution in [0.3, 0.4) is 0 Å². The van der Waals surface area contributed by atoms with Crippen LogP contribution in [-0.2, 0) is 10.0 Å². The SMILES string of the molecule is COc1ccc(-c2cn(S(=O)(=O)c3cccc4cccnc34)c3ccccc23)cc1OC1CCCC1. The molecular formula is C29H26N2O4S. The maximum Gasteiger partial charge on any atom is 0.270 e. The van der Waals surface area contributed by atoms with Gasteiger partial charge in [0, 0.05) is 28.7 Å². The fraction of sp³-hybridized carbons (Fsp3) is 0.207. The Hall–Kier alpha value is -3.84. The Bertz CT molecular complexity index is 1680. The molecule has 0 saturated heterocycles. The number of pyridine rings is 1. The van der Waals surface area contributed by atoms with E-state index in [1.54, 1.807) is 37.7 Å². The third-order valence-electron chi connectivity index (χ3n) is 6.88. The van der Waals surface area contributed by atoms with E-state index in [1.807, 2.05) is 54.6 Å². The molecule has 0 spiro atoms. The number of hydrogen-bond donors (Lipinski definition) is 0. The molecule has 3 aromatic carbocycles. The van der Waals surface area contributed by atoms with Gasteiger partial charge in [0.2, 0.25) is 0 Å². The number of fused-ring (bicyclic) bond motifs is 2. The summed E-state index contributed by atoms with van der Waals surface area (Å²) < 4.78 is 41.2.